The molecule has 3 nitrogen and oxygen atoms in total. The summed E-state index contributed by atoms with van der Waals surface area (Å²) in [6.45, 7) is 7.69. The smallest absolute Gasteiger partial charge is 0.328 e. The molecule has 0 aliphatic carbocycles. The molecule has 1 rings (SSSR count). The lowest BCUT2D eigenvalue weighted by Crippen LogP contribution is -2.35. The van der Waals surface area contributed by atoms with E-state index in [1.165, 1.54) is 0 Å². The Morgan fingerprint density at radius 2 is 2.00 bits per heavy atom. The third-order valence-corrected chi connectivity index (χ3v) is 2.36. The van der Waals surface area contributed by atoms with Gasteiger partial charge in [0.2, 0.25) is 0 Å². The van der Waals surface area contributed by atoms with E-state index in [0.29, 0.717) is 18.1 Å². The maximum Gasteiger partial charge on any atom is 0.328 e. The molecule has 0 saturated heterocycles. The Morgan fingerprint density at radius 1 is 1.41 bits per heavy atom. The van der Waals surface area contributed by atoms with Gasteiger partial charge in [0.25, 0.3) is 0 Å². The summed E-state index contributed by atoms with van der Waals surface area (Å²) in [7, 11) is 0. The van der Waals surface area contributed by atoms with Crippen LogP contribution in [-0.2, 0) is 4.79 Å². The number of rotatable bonds is 5. The highest BCUT2D eigenvalue weighted by Crippen LogP contribution is 2.14. The molecule has 1 atom stereocenters. The summed E-state index contributed by atoms with van der Waals surface area (Å²) in [5.74, 6) is 0.505. The number of ether oxygens (including phenoxy) is 1. The van der Waals surface area contributed by atoms with Crippen molar-refractivity contribution in [1.82, 2.24) is 0 Å². The molecule has 3 heteroatoms. The van der Waals surface area contributed by atoms with Crippen molar-refractivity contribution in [1.29, 1.82) is 0 Å². The van der Waals surface area contributed by atoms with Crippen molar-refractivity contribution in [2.45, 2.75) is 26.3 Å². The molecule has 0 bridgehead atoms. The number of hydrogen-bond donors (Lipinski definition) is 1. The van der Waals surface area contributed by atoms with Gasteiger partial charge in [0.1, 0.15) is 11.8 Å². The van der Waals surface area contributed by atoms with Gasteiger partial charge in [-0.1, -0.05) is 38.6 Å². The van der Waals surface area contributed by atoms with E-state index in [1.807, 2.05) is 26.0 Å². The molecule has 0 aliphatic rings. The highest BCUT2D eigenvalue weighted by molar-refractivity contribution is 5.78. The molecule has 0 saturated carbocycles. The molecule has 0 fully saturated rings. The number of carbonyl (C=O) groups excluding carboxylic acids is 1. The van der Waals surface area contributed by atoms with Gasteiger partial charge in [-0.15, -0.1) is 0 Å². The summed E-state index contributed by atoms with van der Waals surface area (Å²) in [6.07, 6.45) is 2.36. The van der Waals surface area contributed by atoms with Crippen LogP contribution in [0.5, 0.6) is 5.75 Å². The van der Waals surface area contributed by atoms with E-state index in [1.54, 1.807) is 18.2 Å². The summed E-state index contributed by atoms with van der Waals surface area (Å²) < 4.78 is 5.18. The van der Waals surface area contributed by atoms with E-state index < -0.39 is 6.04 Å². The van der Waals surface area contributed by atoms with Crippen LogP contribution in [0, 0.1) is 5.92 Å². The molecule has 0 unspecified atom stereocenters. The Balaban J connectivity index is 2.58. The molecular formula is C14H19NO2. The fourth-order valence-electron chi connectivity index (χ4n) is 1.47. The number of hydrogen-bond acceptors (Lipinski definition) is 3. The molecule has 92 valence electrons. The predicted octanol–water partition coefficient (Wildman–Crippen LogP) is 2.61. The normalized spacial score (nSPS) is 12.2. The van der Waals surface area contributed by atoms with Crippen LogP contribution < -0.4 is 10.5 Å². The maximum atomic E-state index is 11.6. The first-order valence-corrected chi connectivity index (χ1v) is 5.72. The van der Waals surface area contributed by atoms with Crippen molar-refractivity contribution < 1.29 is 9.53 Å². The first kappa shape index (κ1) is 13.5. The number of benzene rings is 1. The van der Waals surface area contributed by atoms with Gasteiger partial charge in [0.05, 0.1) is 0 Å². The van der Waals surface area contributed by atoms with Crippen molar-refractivity contribution in [2.75, 3.05) is 0 Å². The van der Waals surface area contributed by atoms with E-state index >= 15 is 0 Å². The molecule has 0 spiro atoms. The molecule has 1 aromatic rings. The van der Waals surface area contributed by atoms with Crippen LogP contribution in [0.15, 0.2) is 30.8 Å². The number of carbonyl (C=O) groups is 1. The van der Waals surface area contributed by atoms with Gasteiger partial charge in [-0.3, -0.25) is 0 Å². The van der Waals surface area contributed by atoms with Crippen LogP contribution in [0.3, 0.4) is 0 Å². The monoisotopic (exact) mass is 233 g/mol. The Labute approximate surface area is 102 Å². The van der Waals surface area contributed by atoms with Crippen LogP contribution in [-0.4, -0.2) is 12.0 Å². The van der Waals surface area contributed by atoms with Crippen LogP contribution in [0.2, 0.25) is 0 Å². The minimum absolute atomic E-state index is 0.376. The molecule has 0 amide bonds. The fourth-order valence-corrected chi connectivity index (χ4v) is 1.47. The third kappa shape index (κ3) is 4.41. The van der Waals surface area contributed by atoms with Gasteiger partial charge in [-0.25, -0.2) is 4.79 Å². The average molecular weight is 233 g/mol. The quantitative estimate of drug-likeness (QED) is 0.628. The first-order valence-electron chi connectivity index (χ1n) is 5.72. The zero-order chi connectivity index (χ0) is 12.8. The molecule has 0 aromatic heterocycles. The van der Waals surface area contributed by atoms with E-state index in [0.717, 1.165) is 5.56 Å². The minimum atomic E-state index is -0.561. The lowest BCUT2D eigenvalue weighted by Gasteiger charge is -2.13. The summed E-state index contributed by atoms with van der Waals surface area (Å²) in [5.41, 5.74) is 6.71. The lowest BCUT2D eigenvalue weighted by molar-refractivity contribution is -0.136. The largest absolute Gasteiger partial charge is 0.425 e. The standard InChI is InChI=1S/C14H19NO2/c1-4-11-5-7-12(8-6-11)17-14(16)13(15)9-10(2)3/h4-8,10,13H,1,9,15H2,2-3H3/t13-/m0/s1. The zero-order valence-electron chi connectivity index (χ0n) is 10.3. The van der Waals surface area contributed by atoms with Crippen LogP contribution in [0.4, 0.5) is 0 Å². The van der Waals surface area contributed by atoms with E-state index in [9.17, 15) is 4.79 Å². The first-order chi connectivity index (χ1) is 8.02. The van der Waals surface area contributed by atoms with E-state index in [-0.39, 0.29) is 5.97 Å². The summed E-state index contributed by atoms with van der Waals surface area (Å²) >= 11 is 0. The summed E-state index contributed by atoms with van der Waals surface area (Å²) in [4.78, 5) is 11.6. The fraction of sp³-hybridized carbons (Fsp3) is 0.357. The highest BCUT2D eigenvalue weighted by Gasteiger charge is 2.17. The lowest BCUT2D eigenvalue weighted by atomic mass is 10.1. The number of nitrogens with two attached hydrogens (primary N) is 1. The predicted molar refractivity (Wildman–Crippen MR) is 69.6 cm³/mol. The Bertz CT molecular complexity index is 382. The van der Waals surface area contributed by atoms with E-state index in [2.05, 4.69) is 6.58 Å². The topological polar surface area (TPSA) is 52.3 Å². The second kappa shape index (κ2) is 6.21. The average Bonchev–Trinajstić information content (AvgIpc) is 2.29. The Kier molecular flexibility index (Phi) is 4.91. The van der Waals surface area contributed by atoms with Crippen LogP contribution in [0.25, 0.3) is 6.08 Å². The van der Waals surface area contributed by atoms with Gasteiger partial charge < -0.3 is 10.5 Å². The van der Waals surface area contributed by atoms with Gasteiger partial charge in [0.15, 0.2) is 0 Å². The van der Waals surface area contributed by atoms with Crippen molar-refractivity contribution in [3.05, 3.63) is 36.4 Å². The van der Waals surface area contributed by atoms with Crippen molar-refractivity contribution >= 4 is 12.0 Å². The second-order valence-corrected chi connectivity index (χ2v) is 4.43. The molecule has 0 radical (unpaired) electrons. The Hall–Kier alpha value is -1.61. The van der Waals surface area contributed by atoms with Gasteiger partial charge >= 0.3 is 5.97 Å². The summed E-state index contributed by atoms with van der Waals surface area (Å²) in [6, 6.07) is 6.58. The molecule has 0 aliphatic heterocycles. The van der Waals surface area contributed by atoms with Crippen LogP contribution >= 0.6 is 0 Å². The molecular weight excluding hydrogens is 214 g/mol. The third-order valence-electron chi connectivity index (χ3n) is 2.36. The number of esters is 1. The molecule has 2 N–H and O–H groups in total. The van der Waals surface area contributed by atoms with Crippen molar-refractivity contribution in [3.63, 3.8) is 0 Å². The Morgan fingerprint density at radius 3 is 2.47 bits per heavy atom. The summed E-state index contributed by atoms with van der Waals surface area (Å²) in [5, 5.41) is 0. The highest BCUT2D eigenvalue weighted by atomic mass is 16.5. The van der Waals surface area contributed by atoms with Gasteiger partial charge in [-0.2, -0.15) is 0 Å². The van der Waals surface area contributed by atoms with Crippen LogP contribution in [0.1, 0.15) is 25.8 Å². The SMILES string of the molecule is C=Cc1ccc(OC(=O)[C@@H](N)CC(C)C)cc1. The van der Waals surface area contributed by atoms with Crippen molar-refractivity contribution in [3.8, 4) is 5.75 Å². The van der Waals surface area contributed by atoms with Crippen molar-refractivity contribution in [2.24, 2.45) is 11.7 Å². The van der Waals surface area contributed by atoms with E-state index in [4.69, 9.17) is 10.5 Å². The minimum Gasteiger partial charge on any atom is -0.425 e. The molecule has 17 heavy (non-hydrogen) atoms. The molecule has 1 aromatic carbocycles. The zero-order valence-corrected chi connectivity index (χ0v) is 10.3. The second-order valence-electron chi connectivity index (χ2n) is 4.43. The maximum absolute atomic E-state index is 11.6. The van der Waals surface area contributed by atoms with Gasteiger partial charge in [-0.05, 0) is 30.0 Å². The van der Waals surface area contributed by atoms with Gasteiger partial charge in [0, 0.05) is 0 Å². The molecule has 0 heterocycles.